The van der Waals surface area contributed by atoms with E-state index in [1.807, 2.05) is 18.2 Å². The molecule has 1 aliphatic heterocycles. The fraction of sp³-hybridized carbons (Fsp3) is 0.321. The quantitative estimate of drug-likeness (QED) is 0.409. The zero-order valence-electron chi connectivity index (χ0n) is 19.3. The highest BCUT2D eigenvalue weighted by molar-refractivity contribution is 6.30. The smallest absolute Gasteiger partial charge is 0.351 e. The van der Waals surface area contributed by atoms with Crippen LogP contribution in [0.2, 0.25) is 5.02 Å². The van der Waals surface area contributed by atoms with Gasteiger partial charge < -0.3 is 10.2 Å². The summed E-state index contributed by atoms with van der Waals surface area (Å²) in [5.74, 6) is -0.150. The van der Waals surface area contributed by atoms with Gasteiger partial charge in [0, 0.05) is 29.1 Å². The van der Waals surface area contributed by atoms with Gasteiger partial charge in [-0.2, -0.15) is 13.2 Å². The molecule has 35 heavy (non-hydrogen) atoms. The summed E-state index contributed by atoms with van der Waals surface area (Å²) >= 11 is 5.93. The number of rotatable bonds is 7. The third-order valence-electron chi connectivity index (χ3n) is 6.91. The Morgan fingerprint density at radius 2 is 1.54 bits per heavy atom. The van der Waals surface area contributed by atoms with Gasteiger partial charge in [0.2, 0.25) is 0 Å². The SMILES string of the molecule is O=C(NCC1(c2ccccc2)CCN(CCc2ccccc2C(F)(F)F)CC1)c1ccc(Cl)cc1. The summed E-state index contributed by atoms with van der Waals surface area (Å²) in [6.07, 6.45) is -2.39. The van der Waals surface area contributed by atoms with Crippen molar-refractivity contribution in [3.8, 4) is 0 Å². The molecular formula is C28H28ClF3N2O. The topological polar surface area (TPSA) is 32.3 Å². The van der Waals surface area contributed by atoms with E-state index in [0.29, 0.717) is 35.7 Å². The molecule has 0 unspecified atom stereocenters. The number of hydrogen-bond acceptors (Lipinski definition) is 2. The molecule has 3 nitrogen and oxygen atoms in total. The Bertz CT molecular complexity index is 1120. The summed E-state index contributed by atoms with van der Waals surface area (Å²) < 4.78 is 40.0. The maximum Gasteiger partial charge on any atom is 0.416 e. The van der Waals surface area contributed by atoms with Crippen LogP contribution in [-0.4, -0.2) is 37.0 Å². The van der Waals surface area contributed by atoms with Gasteiger partial charge in [0.05, 0.1) is 5.56 Å². The largest absolute Gasteiger partial charge is 0.416 e. The minimum Gasteiger partial charge on any atom is -0.351 e. The highest BCUT2D eigenvalue weighted by Crippen LogP contribution is 2.36. The molecule has 0 bridgehead atoms. The van der Waals surface area contributed by atoms with Crippen LogP contribution in [0.25, 0.3) is 0 Å². The highest BCUT2D eigenvalue weighted by Gasteiger charge is 2.37. The van der Waals surface area contributed by atoms with E-state index in [2.05, 4.69) is 22.3 Å². The average Bonchev–Trinajstić information content (AvgIpc) is 2.87. The second-order valence-corrected chi connectivity index (χ2v) is 9.52. The Hall–Kier alpha value is -2.83. The number of carbonyl (C=O) groups is 1. The second kappa shape index (κ2) is 10.8. The van der Waals surface area contributed by atoms with Crippen molar-refractivity contribution in [1.82, 2.24) is 10.2 Å². The molecule has 1 saturated heterocycles. The number of nitrogens with zero attached hydrogens (tertiary/aromatic N) is 1. The van der Waals surface area contributed by atoms with Gasteiger partial charge in [-0.1, -0.05) is 60.1 Å². The predicted molar refractivity (Wildman–Crippen MR) is 133 cm³/mol. The Morgan fingerprint density at radius 1 is 0.914 bits per heavy atom. The van der Waals surface area contributed by atoms with Crippen molar-refractivity contribution >= 4 is 17.5 Å². The molecule has 1 amide bonds. The van der Waals surface area contributed by atoms with E-state index in [0.717, 1.165) is 32.0 Å². The Morgan fingerprint density at radius 3 is 2.20 bits per heavy atom. The maximum atomic E-state index is 13.3. The minimum atomic E-state index is -4.34. The molecule has 1 heterocycles. The van der Waals surface area contributed by atoms with Gasteiger partial charge in [-0.05, 0) is 73.8 Å². The van der Waals surface area contributed by atoms with Crippen molar-refractivity contribution in [3.63, 3.8) is 0 Å². The number of carbonyl (C=O) groups excluding carboxylic acids is 1. The third-order valence-corrected chi connectivity index (χ3v) is 7.17. The number of nitrogens with one attached hydrogen (secondary N) is 1. The van der Waals surface area contributed by atoms with Gasteiger partial charge in [-0.25, -0.2) is 0 Å². The predicted octanol–water partition coefficient (Wildman–Crippen LogP) is 6.37. The lowest BCUT2D eigenvalue weighted by Crippen LogP contribution is -2.49. The first-order valence-corrected chi connectivity index (χ1v) is 12.1. The molecule has 0 saturated carbocycles. The van der Waals surface area contributed by atoms with E-state index in [1.165, 1.54) is 11.6 Å². The average molecular weight is 501 g/mol. The van der Waals surface area contributed by atoms with Crippen LogP contribution in [0.15, 0.2) is 78.9 Å². The van der Waals surface area contributed by atoms with Crippen molar-refractivity contribution < 1.29 is 18.0 Å². The van der Waals surface area contributed by atoms with E-state index >= 15 is 0 Å². The zero-order valence-corrected chi connectivity index (χ0v) is 20.1. The first-order chi connectivity index (χ1) is 16.8. The number of piperidine rings is 1. The summed E-state index contributed by atoms with van der Waals surface area (Å²) in [4.78, 5) is 15.0. The van der Waals surface area contributed by atoms with E-state index in [4.69, 9.17) is 11.6 Å². The molecule has 0 atom stereocenters. The summed E-state index contributed by atoms with van der Waals surface area (Å²) in [6.45, 7) is 2.55. The van der Waals surface area contributed by atoms with Crippen LogP contribution < -0.4 is 5.32 Å². The minimum absolute atomic E-state index is 0.150. The first-order valence-electron chi connectivity index (χ1n) is 11.7. The van der Waals surface area contributed by atoms with Gasteiger partial charge >= 0.3 is 6.18 Å². The molecule has 1 aliphatic rings. The van der Waals surface area contributed by atoms with Crippen LogP contribution in [0.4, 0.5) is 13.2 Å². The number of hydrogen-bond donors (Lipinski definition) is 1. The van der Waals surface area contributed by atoms with E-state index in [9.17, 15) is 18.0 Å². The van der Waals surface area contributed by atoms with Crippen molar-refractivity contribution in [2.75, 3.05) is 26.2 Å². The van der Waals surface area contributed by atoms with Gasteiger partial charge in [0.15, 0.2) is 0 Å². The second-order valence-electron chi connectivity index (χ2n) is 9.08. The standard InChI is InChI=1S/C28H28ClF3N2O/c29-24-12-10-22(11-13-24)26(35)33-20-27(23-7-2-1-3-8-23)15-18-34(19-16-27)17-14-21-6-4-5-9-25(21)28(30,31)32/h1-13H,14-20H2,(H,33,35). The van der Waals surface area contributed by atoms with Gasteiger partial charge in [-0.3, -0.25) is 4.79 Å². The molecule has 7 heteroatoms. The molecule has 0 spiro atoms. The van der Waals surface area contributed by atoms with Crippen LogP contribution in [0, 0.1) is 0 Å². The molecule has 3 aromatic carbocycles. The van der Waals surface area contributed by atoms with Crippen molar-refractivity contribution in [2.24, 2.45) is 0 Å². The molecule has 4 rings (SSSR count). The number of alkyl halides is 3. The lowest BCUT2D eigenvalue weighted by atomic mass is 9.72. The van der Waals surface area contributed by atoms with Crippen LogP contribution in [0.5, 0.6) is 0 Å². The Balaban J connectivity index is 1.42. The fourth-order valence-corrected chi connectivity index (χ4v) is 4.94. The molecule has 0 aliphatic carbocycles. The third kappa shape index (κ3) is 6.24. The van der Waals surface area contributed by atoms with E-state index in [1.54, 1.807) is 36.4 Å². The summed E-state index contributed by atoms with van der Waals surface area (Å²) in [5.41, 5.74) is 1.26. The van der Waals surface area contributed by atoms with Crippen LogP contribution in [-0.2, 0) is 18.0 Å². The van der Waals surface area contributed by atoms with E-state index < -0.39 is 11.7 Å². The Labute approximate surface area is 208 Å². The maximum absolute atomic E-state index is 13.3. The molecule has 0 radical (unpaired) electrons. The lowest BCUT2D eigenvalue weighted by molar-refractivity contribution is -0.138. The molecule has 3 aromatic rings. The number of likely N-dealkylation sites (tertiary alicyclic amines) is 1. The normalized spacial score (nSPS) is 16.1. The molecule has 184 valence electrons. The van der Waals surface area contributed by atoms with Crippen molar-refractivity contribution in [1.29, 1.82) is 0 Å². The monoisotopic (exact) mass is 500 g/mol. The summed E-state index contributed by atoms with van der Waals surface area (Å²) in [6, 6.07) is 22.7. The summed E-state index contributed by atoms with van der Waals surface area (Å²) in [5, 5.41) is 3.68. The van der Waals surface area contributed by atoms with Gasteiger partial charge in [0.1, 0.15) is 0 Å². The van der Waals surface area contributed by atoms with Crippen LogP contribution in [0.1, 0.15) is 39.9 Å². The molecule has 0 aromatic heterocycles. The van der Waals surface area contributed by atoms with Crippen LogP contribution in [0.3, 0.4) is 0 Å². The molecule has 1 N–H and O–H groups in total. The van der Waals surface area contributed by atoms with Crippen molar-refractivity contribution in [3.05, 3.63) is 106 Å². The Kier molecular flexibility index (Phi) is 7.82. The van der Waals surface area contributed by atoms with Gasteiger partial charge in [-0.15, -0.1) is 0 Å². The molecule has 1 fully saturated rings. The van der Waals surface area contributed by atoms with E-state index in [-0.39, 0.29) is 11.3 Å². The number of amides is 1. The summed E-state index contributed by atoms with van der Waals surface area (Å²) in [7, 11) is 0. The highest BCUT2D eigenvalue weighted by atomic mass is 35.5. The van der Waals surface area contributed by atoms with Crippen LogP contribution >= 0.6 is 11.6 Å². The number of halogens is 4. The molecular weight excluding hydrogens is 473 g/mol. The van der Waals surface area contributed by atoms with Crippen molar-refractivity contribution in [2.45, 2.75) is 30.9 Å². The first kappa shape index (κ1) is 25.3. The van der Waals surface area contributed by atoms with Gasteiger partial charge in [0.25, 0.3) is 5.91 Å². The number of benzene rings is 3. The fourth-order valence-electron chi connectivity index (χ4n) is 4.81. The zero-order chi connectivity index (χ0) is 24.9. The lowest BCUT2D eigenvalue weighted by Gasteiger charge is -2.42.